The van der Waals surface area contributed by atoms with Gasteiger partial charge in [-0.15, -0.1) is 0 Å². The van der Waals surface area contributed by atoms with Crippen LogP contribution in [0.25, 0.3) is 0 Å². The third kappa shape index (κ3) is 3.88. The molecule has 1 nitrogen and oxygen atoms in total. The molecule has 48 valence electrons. The molecule has 0 aromatic rings. The Labute approximate surface area is 51.4 Å². The summed E-state index contributed by atoms with van der Waals surface area (Å²) in [7, 11) is 1.71. The highest BCUT2D eigenvalue weighted by molar-refractivity contribution is 4.96. The van der Waals surface area contributed by atoms with Crippen LogP contribution in [-0.4, -0.2) is 13.7 Å². The zero-order valence-corrected chi connectivity index (χ0v) is 5.90. The van der Waals surface area contributed by atoms with E-state index in [-0.39, 0.29) is 0 Å². The predicted octanol–water partition coefficient (Wildman–Crippen LogP) is 1.99. The molecular weight excluding hydrogens is 100 g/mol. The van der Waals surface area contributed by atoms with Crippen molar-refractivity contribution in [3.8, 4) is 0 Å². The van der Waals surface area contributed by atoms with Crippen LogP contribution in [0.4, 0.5) is 0 Å². The SMILES string of the molecule is CC/C(C)=C\COC. The molecule has 1 heteroatoms. The van der Waals surface area contributed by atoms with Crippen LogP contribution in [0.1, 0.15) is 20.3 Å². The fourth-order valence-electron chi connectivity index (χ4n) is 0.370. The Morgan fingerprint density at radius 3 is 2.62 bits per heavy atom. The van der Waals surface area contributed by atoms with Crippen molar-refractivity contribution in [2.24, 2.45) is 0 Å². The van der Waals surface area contributed by atoms with Crippen molar-refractivity contribution < 1.29 is 4.74 Å². The van der Waals surface area contributed by atoms with Gasteiger partial charge in [-0.3, -0.25) is 0 Å². The number of hydrogen-bond donors (Lipinski definition) is 0. The Kier molecular flexibility index (Phi) is 4.67. The molecule has 0 fully saturated rings. The van der Waals surface area contributed by atoms with Gasteiger partial charge < -0.3 is 4.74 Å². The molecule has 0 heterocycles. The van der Waals surface area contributed by atoms with E-state index in [1.807, 2.05) is 0 Å². The summed E-state index contributed by atoms with van der Waals surface area (Å²) in [4.78, 5) is 0. The molecule has 0 amide bonds. The summed E-state index contributed by atoms with van der Waals surface area (Å²) in [6.45, 7) is 5.00. The van der Waals surface area contributed by atoms with Gasteiger partial charge in [0.05, 0.1) is 6.61 Å². The monoisotopic (exact) mass is 114 g/mol. The van der Waals surface area contributed by atoms with Crippen molar-refractivity contribution in [2.45, 2.75) is 20.3 Å². The van der Waals surface area contributed by atoms with Crippen molar-refractivity contribution in [1.82, 2.24) is 0 Å². The molecular formula is C7H14O. The van der Waals surface area contributed by atoms with Crippen molar-refractivity contribution in [3.05, 3.63) is 11.6 Å². The van der Waals surface area contributed by atoms with Gasteiger partial charge >= 0.3 is 0 Å². The first-order chi connectivity index (χ1) is 3.81. The summed E-state index contributed by atoms with van der Waals surface area (Å²) in [5.74, 6) is 0. The molecule has 0 spiro atoms. The molecule has 0 unspecified atom stereocenters. The van der Waals surface area contributed by atoms with Crippen LogP contribution < -0.4 is 0 Å². The normalized spacial score (nSPS) is 12.1. The van der Waals surface area contributed by atoms with E-state index in [2.05, 4.69) is 19.9 Å². The Morgan fingerprint density at radius 2 is 2.25 bits per heavy atom. The standard InChI is InChI=1S/C7H14O/c1-4-7(2)5-6-8-3/h5H,4,6H2,1-3H3/b7-5-. The Bertz CT molecular complexity index is 74.5. The minimum absolute atomic E-state index is 0.750. The first-order valence-corrected chi connectivity index (χ1v) is 2.95. The lowest BCUT2D eigenvalue weighted by molar-refractivity contribution is 0.233. The molecule has 0 aliphatic rings. The lowest BCUT2D eigenvalue weighted by Gasteiger charge is -1.92. The third-order valence-corrected chi connectivity index (χ3v) is 1.16. The van der Waals surface area contributed by atoms with Crippen molar-refractivity contribution in [1.29, 1.82) is 0 Å². The summed E-state index contributed by atoms with van der Waals surface area (Å²) in [5, 5.41) is 0. The van der Waals surface area contributed by atoms with Crippen LogP contribution in [0, 0.1) is 0 Å². The van der Waals surface area contributed by atoms with E-state index >= 15 is 0 Å². The first kappa shape index (κ1) is 7.70. The largest absolute Gasteiger partial charge is 0.381 e. The summed E-state index contributed by atoms with van der Waals surface area (Å²) >= 11 is 0. The molecule has 0 rings (SSSR count). The lowest BCUT2D eigenvalue weighted by Crippen LogP contribution is -1.82. The maximum absolute atomic E-state index is 4.84. The minimum atomic E-state index is 0.750. The molecule has 0 radical (unpaired) electrons. The fourth-order valence-corrected chi connectivity index (χ4v) is 0.370. The Hall–Kier alpha value is -0.300. The lowest BCUT2D eigenvalue weighted by atomic mass is 10.2. The molecule has 0 aromatic heterocycles. The summed E-state index contributed by atoms with van der Waals surface area (Å²) < 4.78 is 4.84. The minimum Gasteiger partial charge on any atom is -0.381 e. The van der Waals surface area contributed by atoms with E-state index in [0.717, 1.165) is 13.0 Å². The van der Waals surface area contributed by atoms with E-state index < -0.39 is 0 Å². The van der Waals surface area contributed by atoms with Gasteiger partial charge in [-0.2, -0.15) is 0 Å². The number of allylic oxidation sites excluding steroid dienone is 1. The maximum atomic E-state index is 4.84. The average molecular weight is 114 g/mol. The van der Waals surface area contributed by atoms with E-state index in [1.165, 1.54) is 5.57 Å². The molecule has 8 heavy (non-hydrogen) atoms. The smallest absolute Gasteiger partial charge is 0.0646 e. The molecule has 0 saturated heterocycles. The van der Waals surface area contributed by atoms with Crippen LogP contribution in [0.15, 0.2) is 11.6 Å². The molecule has 0 saturated carbocycles. The second kappa shape index (κ2) is 4.85. The molecule has 0 atom stereocenters. The van der Waals surface area contributed by atoms with Crippen molar-refractivity contribution in [2.75, 3.05) is 13.7 Å². The second-order valence-corrected chi connectivity index (χ2v) is 1.86. The molecule has 0 N–H and O–H groups in total. The Balaban J connectivity index is 3.26. The number of rotatable bonds is 3. The van der Waals surface area contributed by atoms with Gasteiger partial charge in [0.2, 0.25) is 0 Å². The highest BCUT2D eigenvalue weighted by Crippen LogP contribution is 1.95. The topological polar surface area (TPSA) is 9.23 Å². The number of hydrogen-bond acceptors (Lipinski definition) is 1. The summed E-state index contributed by atoms with van der Waals surface area (Å²) in [6.07, 6.45) is 3.23. The third-order valence-electron chi connectivity index (χ3n) is 1.16. The summed E-state index contributed by atoms with van der Waals surface area (Å²) in [5.41, 5.74) is 1.40. The molecule has 0 aromatic carbocycles. The van der Waals surface area contributed by atoms with Crippen LogP contribution in [0.2, 0.25) is 0 Å². The quantitative estimate of drug-likeness (QED) is 0.510. The molecule has 0 aliphatic carbocycles. The van der Waals surface area contributed by atoms with Gasteiger partial charge in [-0.25, -0.2) is 0 Å². The van der Waals surface area contributed by atoms with E-state index in [9.17, 15) is 0 Å². The van der Waals surface area contributed by atoms with Crippen LogP contribution in [0.3, 0.4) is 0 Å². The highest BCUT2D eigenvalue weighted by Gasteiger charge is 1.79. The van der Waals surface area contributed by atoms with Gasteiger partial charge in [-0.05, 0) is 13.3 Å². The van der Waals surface area contributed by atoms with Crippen LogP contribution in [0.5, 0.6) is 0 Å². The number of methoxy groups -OCH3 is 1. The van der Waals surface area contributed by atoms with Crippen molar-refractivity contribution in [3.63, 3.8) is 0 Å². The van der Waals surface area contributed by atoms with Gasteiger partial charge in [0, 0.05) is 7.11 Å². The zero-order valence-electron chi connectivity index (χ0n) is 5.90. The first-order valence-electron chi connectivity index (χ1n) is 2.95. The van der Waals surface area contributed by atoms with Gasteiger partial charge in [0.15, 0.2) is 0 Å². The Morgan fingerprint density at radius 1 is 1.62 bits per heavy atom. The average Bonchev–Trinajstić information content (AvgIpc) is 1.83. The summed E-state index contributed by atoms with van der Waals surface area (Å²) in [6, 6.07) is 0. The highest BCUT2D eigenvalue weighted by atomic mass is 16.5. The fraction of sp³-hybridized carbons (Fsp3) is 0.714. The van der Waals surface area contributed by atoms with Crippen molar-refractivity contribution >= 4 is 0 Å². The second-order valence-electron chi connectivity index (χ2n) is 1.86. The van der Waals surface area contributed by atoms with E-state index in [4.69, 9.17) is 4.74 Å². The van der Waals surface area contributed by atoms with E-state index in [0.29, 0.717) is 0 Å². The molecule has 0 aliphatic heterocycles. The van der Waals surface area contributed by atoms with Gasteiger partial charge in [-0.1, -0.05) is 18.6 Å². The number of ether oxygens (including phenoxy) is 1. The predicted molar refractivity (Wildman–Crippen MR) is 35.9 cm³/mol. The molecule has 0 bridgehead atoms. The van der Waals surface area contributed by atoms with Crippen LogP contribution >= 0.6 is 0 Å². The van der Waals surface area contributed by atoms with E-state index in [1.54, 1.807) is 7.11 Å². The van der Waals surface area contributed by atoms with Gasteiger partial charge in [0.1, 0.15) is 0 Å². The van der Waals surface area contributed by atoms with Crippen LogP contribution in [-0.2, 0) is 4.74 Å². The zero-order chi connectivity index (χ0) is 6.41. The maximum Gasteiger partial charge on any atom is 0.0646 e. The van der Waals surface area contributed by atoms with Gasteiger partial charge in [0.25, 0.3) is 0 Å².